The summed E-state index contributed by atoms with van der Waals surface area (Å²) in [5, 5.41) is 15.1. The van der Waals surface area contributed by atoms with E-state index in [1.807, 2.05) is 13.0 Å². The number of halogens is 3. The monoisotopic (exact) mass is 352 g/mol. The van der Waals surface area contributed by atoms with Gasteiger partial charge in [-0.15, -0.1) is 0 Å². The van der Waals surface area contributed by atoms with Crippen LogP contribution in [0.4, 0.5) is 13.2 Å². The number of hydrogen-bond donors (Lipinski definition) is 2. The lowest BCUT2D eigenvalue weighted by molar-refractivity contribution is -0.183. The molecule has 0 aliphatic heterocycles. The largest absolute Gasteiger partial charge is 0.391 e. The molecular formula is C18H23F3N4. The molecule has 0 heterocycles. The molecule has 2 rings (SSSR count). The second-order valence-corrected chi connectivity index (χ2v) is 6.25. The summed E-state index contributed by atoms with van der Waals surface area (Å²) in [7, 11) is 0. The van der Waals surface area contributed by atoms with Crippen molar-refractivity contribution in [2.45, 2.75) is 51.4 Å². The molecule has 1 aliphatic carbocycles. The fourth-order valence-electron chi connectivity index (χ4n) is 3.04. The Morgan fingerprint density at radius 1 is 1.36 bits per heavy atom. The van der Waals surface area contributed by atoms with Crippen LogP contribution in [0.5, 0.6) is 0 Å². The lowest BCUT2D eigenvalue weighted by Gasteiger charge is -2.31. The molecule has 0 spiro atoms. The van der Waals surface area contributed by atoms with Crippen molar-refractivity contribution in [1.82, 2.24) is 10.6 Å². The van der Waals surface area contributed by atoms with Crippen LogP contribution in [0.15, 0.2) is 29.3 Å². The van der Waals surface area contributed by atoms with Crippen molar-refractivity contribution in [3.63, 3.8) is 0 Å². The van der Waals surface area contributed by atoms with Crippen molar-refractivity contribution in [2.24, 2.45) is 10.9 Å². The molecule has 0 amide bonds. The molecule has 1 aromatic carbocycles. The van der Waals surface area contributed by atoms with E-state index in [1.165, 1.54) is 0 Å². The number of guanidine groups is 1. The van der Waals surface area contributed by atoms with Crippen LogP contribution in [-0.2, 0) is 6.54 Å². The van der Waals surface area contributed by atoms with Crippen molar-refractivity contribution in [1.29, 1.82) is 5.26 Å². The smallest absolute Gasteiger partial charge is 0.357 e. The third-order valence-electron chi connectivity index (χ3n) is 4.30. The van der Waals surface area contributed by atoms with Gasteiger partial charge in [0.15, 0.2) is 5.96 Å². The van der Waals surface area contributed by atoms with Crippen LogP contribution in [0.1, 0.15) is 43.7 Å². The Labute approximate surface area is 146 Å². The molecule has 1 aliphatic rings. The average Bonchev–Trinajstić information content (AvgIpc) is 2.59. The minimum atomic E-state index is -4.13. The topological polar surface area (TPSA) is 60.2 Å². The van der Waals surface area contributed by atoms with Crippen molar-refractivity contribution in [2.75, 3.05) is 6.54 Å². The highest BCUT2D eigenvalue weighted by molar-refractivity contribution is 5.80. The second kappa shape index (κ2) is 8.75. The van der Waals surface area contributed by atoms with E-state index >= 15 is 0 Å². The number of nitrogens with zero attached hydrogens (tertiary/aromatic N) is 2. The molecule has 0 bridgehead atoms. The molecule has 25 heavy (non-hydrogen) atoms. The Morgan fingerprint density at radius 2 is 2.16 bits per heavy atom. The van der Waals surface area contributed by atoms with Gasteiger partial charge >= 0.3 is 6.18 Å². The number of nitriles is 1. The van der Waals surface area contributed by atoms with Gasteiger partial charge in [-0.2, -0.15) is 18.4 Å². The number of benzene rings is 1. The van der Waals surface area contributed by atoms with Gasteiger partial charge in [0.25, 0.3) is 0 Å². The molecular weight excluding hydrogens is 329 g/mol. The van der Waals surface area contributed by atoms with Gasteiger partial charge in [-0.3, -0.25) is 0 Å². The van der Waals surface area contributed by atoms with Gasteiger partial charge in [-0.25, -0.2) is 4.99 Å². The maximum Gasteiger partial charge on any atom is 0.391 e. The standard InChI is InChI=1S/C18H23F3N4/c1-2-23-17(24-12-14-6-3-5-13(9-14)11-22)25-16-8-4-7-15(10-16)18(19,20)21/h3,5-6,9,15-16H,2,4,7-8,10,12H2,1H3,(H2,23,24,25). The molecule has 1 aromatic rings. The number of hydrogen-bond acceptors (Lipinski definition) is 2. The van der Waals surface area contributed by atoms with Crippen LogP contribution in [0.25, 0.3) is 0 Å². The van der Waals surface area contributed by atoms with E-state index in [-0.39, 0.29) is 18.9 Å². The SMILES string of the molecule is CCNC(=NCc1cccc(C#N)c1)NC1CCCC(C(F)(F)F)C1. The van der Waals surface area contributed by atoms with E-state index in [1.54, 1.807) is 18.2 Å². The van der Waals surface area contributed by atoms with Crippen molar-refractivity contribution in [3.8, 4) is 6.07 Å². The zero-order valence-electron chi connectivity index (χ0n) is 14.2. The normalized spacial score (nSPS) is 21.5. The van der Waals surface area contributed by atoms with Gasteiger partial charge in [-0.1, -0.05) is 18.6 Å². The van der Waals surface area contributed by atoms with E-state index in [2.05, 4.69) is 21.7 Å². The Kier molecular flexibility index (Phi) is 6.68. The number of rotatable bonds is 4. The summed E-state index contributed by atoms with van der Waals surface area (Å²) in [5.41, 5.74) is 1.44. The molecule has 7 heteroatoms. The van der Waals surface area contributed by atoms with Gasteiger partial charge in [0.1, 0.15) is 0 Å². The first-order chi connectivity index (χ1) is 11.9. The van der Waals surface area contributed by atoms with E-state index in [4.69, 9.17) is 5.26 Å². The van der Waals surface area contributed by atoms with Crippen LogP contribution in [0, 0.1) is 17.2 Å². The fraction of sp³-hybridized carbons (Fsp3) is 0.556. The second-order valence-electron chi connectivity index (χ2n) is 6.25. The Bertz CT molecular complexity index is 634. The van der Waals surface area contributed by atoms with Crippen LogP contribution < -0.4 is 10.6 Å². The van der Waals surface area contributed by atoms with Gasteiger partial charge in [0.2, 0.25) is 0 Å². The van der Waals surface area contributed by atoms with Crippen molar-refractivity contribution in [3.05, 3.63) is 35.4 Å². The fourth-order valence-corrected chi connectivity index (χ4v) is 3.04. The summed E-state index contributed by atoms with van der Waals surface area (Å²) in [6, 6.07) is 8.98. The summed E-state index contributed by atoms with van der Waals surface area (Å²) in [5.74, 6) is -0.730. The Balaban J connectivity index is 2.01. The molecule has 4 nitrogen and oxygen atoms in total. The molecule has 2 atom stereocenters. The molecule has 1 saturated carbocycles. The lowest BCUT2D eigenvalue weighted by atomic mass is 9.85. The van der Waals surface area contributed by atoms with Crippen LogP contribution >= 0.6 is 0 Å². The average molecular weight is 352 g/mol. The van der Waals surface area contributed by atoms with E-state index < -0.39 is 12.1 Å². The lowest BCUT2D eigenvalue weighted by Crippen LogP contribution is -2.46. The predicted octanol–water partition coefficient (Wildman–Crippen LogP) is 3.73. The maximum atomic E-state index is 12.9. The third-order valence-corrected chi connectivity index (χ3v) is 4.30. The van der Waals surface area contributed by atoms with E-state index in [9.17, 15) is 13.2 Å². The van der Waals surface area contributed by atoms with Gasteiger partial charge in [0.05, 0.1) is 24.1 Å². The van der Waals surface area contributed by atoms with Gasteiger partial charge < -0.3 is 10.6 Å². The first-order valence-electron chi connectivity index (χ1n) is 8.53. The zero-order valence-corrected chi connectivity index (χ0v) is 14.2. The summed E-state index contributed by atoms with van der Waals surface area (Å²) in [6.45, 7) is 2.90. The number of aliphatic imine (C=N–C) groups is 1. The molecule has 2 unspecified atom stereocenters. The molecule has 2 N–H and O–H groups in total. The molecule has 0 saturated heterocycles. The summed E-state index contributed by atoms with van der Waals surface area (Å²) in [4.78, 5) is 4.44. The first kappa shape index (κ1) is 19.1. The predicted molar refractivity (Wildman–Crippen MR) is 90.9 cm³/mol. The minimum absolute atomic E-state index is 0.0812. The zero-order chi connectivity index (χ0) is 18.3. The first-order valence-corrected chi connectivity index (χ1v) is 8.53. The summed E-state index contributed by atoms with van der Waals surface area (Å²) < 4.78 is 38.8. The highest BCUT2D eigenvalue weighted by atomic mass is 19.4. The van der Waals surface area contributed by atoms with Crippen LogP contribution in [0.3, 0.4) is 0 Å². The quantitative estimate of drug-likeness (QED) is 0.641. The van der Waals surface area contributed by atoms with Gasteiger partial charge in [0, 0.05) is 12.6 Å². The maximum absolute atomic E-state index is 12.9. The van der Waals surface area contributed by atoms with Gasteiger partial charge in [-0.05, 0) is 43.9 Å². The minimum Gasteiger partial charge on any atom is -0.357 e. The van der Waals surface area contributed by atoms with Crippen molar-refractivity contribution < 1.29 is 13.2 Å². The number of nitrogens with one attached hydrogen (secondary N) is 2. The molecule has 0 aromatic heterocycles. The van der Waals surface area contributed by atoms with Crippen molar-refractivity contribution >= 4 is 5.96 Å². The van der Waals surface area contributed by atoms with Crippen LogP contribution in [-0.4, -0.2) is 24.7 Å². The summed E-state index contributed by atoms with van der Waals surface area (Å²) in [6.07, 6.45) is -2.58. The van der Waals surface area contributed by atoms with Crippen LogP contribution in [0.2, 0.25) is 0 Å². The van der Waals surface area contributed by atoms with E-state index in [0.29, 0.717) is 37.5 Å². The molecule has 0 radical (unpaired) electrons. The summed E-state index contributed by atoms with van der Waals surface area (Å²) >= 11 is 0. The third kappa shape index (κ3) is 5.96. The number of alkyl halides is 3. The Morgan fingerprint density at radius 3 is 2.84 bits per heavy atom. The molecule has 136 valence electrons. The molecule has 1 fully saturated rings. The van der Waals surface area contributed by atoms with E-state index in [0.717, 1.165) is 5.56 Å². The Hall–Kier alpha value is -2.23. The highest BCUT2D eigenvalue weighted by Gasteiger charge is 2.42. The highest BCUT2D eigenvalue weighted by Crippen LogP contribution is 2.37.